The Morgan fingerprint density at radius 1 is 0.892 bits per heavy atom. The number of aromatic nitrogens is 2. The van der Waals surface area contributed by atoms with Crippen molar-refractivity contribution in [3.63, 3.8) is 0 Å². The van der Waals surface area contributed by atoms with Crippen molar-refractivity contribution in [1.82, 2.24) is 15.3 Å². The van der Waals surface area contributed by atoms with E-state index in [0.717, 1.165) is 11.5 Å². The number of rotatable bonds is 7. The number of ether oxygens (including phenoxy) is 1. The molecule has 0 saturated carbocycles. The maximum atomic E-state index is 13.0. The second-order valence-corrected chi connectivity index (χ2v) is 8.69. The zero-order chi connectivity index (χ0) is 26.6. The monoisotopic (exact) mass is 500 g/mol. The minimum absolute atomic E-state index is 0.199. The summed E-state index contributed by atoms with van der Waals surface area (Å²) in [7, 11) is 0. The molecular formula is C29H29FN4O3. The molecule has 37 heavy (non-hydrogen) atoms. The molecule has 8 heteroatoms. The lowest BCUT2D eigenvalue weighted by molar-refractivity contribution is -0.115. The molecule has 0 aliphatic heterocycles. The third kappa shape index (κ3) is 9.18. The van der Waals surface area contributed by atoms with Crippen LogP contribution in [0.2, 0.25) is 0 Å². The lowest BCUT2D eigenvalue weighted by Gasteiger charge is -2.09. The van der Waals surface area contributed by atoms with E-state index in [1.807, 2.05) is 18.2 Å². The van der Waals surface area contributed by atoms with Gasteiger partial charge in [0, 0.05) is 18.0 Å². The second kappa shape index (κ2) is 13.5. The van der Waals surface area contributed by atoms with Gasteiger partial charge in [0.2, 0.25) is 5.91 Å². The molecule has 2 aromatic heterocycles. The van der Waals surface area contributed by atoms with Gasteiger partial charge >= 0.3 is 0 Å². The summed E-state index contributed by atoms with van der Waals surface area (Å²) in [5.74, 6) is 1.20. The third-order valence-electron chi connectivity index (χ3n) is 4.55. The molecule has 0 saturated heterocycles. The van der Waals surface area contributed by atoms with Crippen molar-refractivity contribution in [2.24, 2.45) is 5.92 Å². The Morgan fingerprint density at radius 3 is 2.16 bits per heavy atom. The fourth-order valence-electron chi connectivity index (χ4n) is 2.94. The Labute approximate surface area is 215 Å². The number of pyridine rings is 2. The first-order valence-corrected chi connectivity index (χ1v) is 11.8. The molecule has 7 nitrogen and oxygen atoms in total. The number of carbonyl (C=O) groups is 2. The van der Waals surface area contributed by atoms with Crippen molar-refractivity contribution in [2.75, 3.05) is 11.9 Å². The van der Waals surface area contributed by atoms with E-state index in [1.54, 1.807) is 54.7 Å². The summed E-state index contributed by atoms with van der Waals surface area (Å²) in [5, 5.41) is 5.21. The first-order valence-electron chi connectivity index (χ1n) is 11.8. The minimum atomic E-state index is -0.403. The summed E-state index contributed by atoms with van der Waals surface area (Å²) < 4.78 is 18.7. The fourth-order valence-corrected chi connectivity index (χ4v) is 2.94. The zero-order valence-electron chi connectivity index (χ0n) is 20.9. The van der Waals surface area contributed by atoms with E-state index < -0.39 is 5.91 Å². The number of hydrogen-bond donors (Lipinski definition) is 2. The summed E-state index contributed by atoms with van der Waals surface area (Å²) in [6, 6.07) is 21.5. The molecule has 0 bridgehead atoms. The molecule has 190 valence electrons. The van der Waals surface area contributed by atoms with Gasteiger partial charge in [-0.3, -0.25) is 14.6 Å². The number of hydrogen-bond acceptors (Lipinski definition) is 5. The Hall–Kier alpha value is -4.59. The van der Waals surface area contributed by atoms with Crippen molar-refractivity contribution >= 4 is 17.6 Å². The zero-order valence-corrected chi connectivity index (χ0v) is 20.9. The van der Waals surface area contributed by atoms with E-state index in [4.69, 9.17) is 4.74 Å². The molecular weight excluding hydrogens is 471 g/mol. The first kappa shape index (κ1) is 27.0. The van der Waals surface area contributed by atoms with E-state index in [9.17, 15) is 14.0 Å². The van der Waals surface area contributed by atoms with Crippen LogP contribution in [-0.2, 0) is 4.79 Å². The van der Waals surface area contributed by atoms with Crippen LogP contribution in [0.25, 0.3) is 11.3 Å². The largest absolute Gasteiger partial charge is 0.457 e. The standard InChI is InChI=1S/C25H19FN4O3.C4H10/c26-19-8-12-21(13-9-19)33-20-10-6-17(7-11-20)22-4-1-5-23(29-22)30-24(31)16-28-25(32)18-3-2-14-27-15-18;1-4(2)3/h1-15H,16H2,(H,28,32)(H,29,30,31);4H,1-3H3. The smallest absolute Gasteiger partial charge is 0.253 e. The number of anilines is 1. The molecule has 2 amide bonds. The fraction of sp³-hybridized carbons (Fsp3) is 0.172. The number of carbonyl (C=O) groups excluding carboxylic acids is 2. The molecule has 0 aliphatic rings. The number of benzene rings is 2. The molecule has 0 spiro atoms. The van der Waals surface area contributed by atoms with Gasteiger partial charge in [0.15, 0.2) is 0 Å². The topological polar surface area (TPSA) is 93.2 Å². The molecule has 0 aliphatic carbocycles. The summed E-state index contributed by atoms with van der Waals surface area (Å²) in [4.78, 5) is 32.6. The minimum Gasteiger partial charge on any atom is -0.457 e. The van der Waals surface area contributed by atoms with E-state index >= 15 is 0 Å². The van der Waals surface area contributed by atoms with Crippen LogP contribution >= 0.6 is 0 Å². The molecule has 0 fully saturated rings. The van der Waals surface area contributed by atoms with Gasteiger partial charge in [-0.05, 0) is 78.7 Å². The van der Waals surface area contributed by atoms with Crippen LogP contribution in [0, 0.1) is 11.7 Å². The van der Waals surface area contributed by atoms with Gasteiger partial charge in [-0.1, -0.05) is 26.8 Å². The Kier molecular flexibility index (Phi) is 9.84. The highest BCUT2D eigenvalue weighted by atomic mass is 19.1. The second-order valence-electron chi connectivity index (χ2n) is 8.69. The van der Waals surface area contributed by atoms with Gasteiger partial charge in [-0.25, -0.2) is 9.37 Å². The summed E-state index contributed by atoms with van der Waals surface area (Å²) >= 11 is 0. The van der Waals surface area contributed by atoms with Crippen molar-refractivity contribution in [3.8, 4) is 22.8 Å². The highest BCUT2D eigenvalue weighted by Gasteiger charge is 2.09. The number of nitrogens with zero attached hydrogens (tertiary/aromatic N) is 2. The summed E-state index contributed by atoms with van der Waals surface area (Å²) in [6.45, 7) is 6.30. The summed E-state index contributed by atoms with van der Waals surface area (Å²) in [6.07, 6.45) is 2.99. The van der Waals surface area contributed by atoms with Crippen LogP contribution in [0.1, 0.15) is 31.1 Å². The van der Waals surface area contributed by atoms with E-state index in [1.165, 1.54) is 18.3 Å². The molecule has 0 radical (unpaired) electrons. The SMILES string of the molecule is CC(C)C.O=C(CNC(=O)c1cccnc1)Nc1cccc(-c2ccc(Oc3ccc(F)cc3)cc2)n1. The number of amides is 2. The van der Waals surface area contributed by atoms with Crippen LogP contribution in [0.5, 0.6) is 11.5 Å². The molecule has 2 N–H and O–H groups in total. The van der Waals surface area contributed by atoms with Crippen molar-refractivity contribution < 1.29 is 18.7 Å². The molecule has 0 unspecified atom stereocenters. The number of nitrogens with one attached hydrogen (secondary N) is 2. The quantitative estimate of drug-likeness (QED) is 0.320. The lowest BCUT2D eigenvalue weighted by atomic mass is 10.1. The number of halogens is 1. The predicted molar refractivity (Wildman–Crippen MR) is 142 cm³/mol. The van der Waals surface area contributed by atoms with Gasteiger partial charge in [0.05, 0.1) is 17.8 Å². The maximum absolute atomic E-state index is 13.0. The van der Waals surface area contributed by atoms with Crippen molar-refractivity contribution in [2.45, 2.75) is 20.8 Å². The van der Waals surface area contributed by atoms with E-state index in [0.29, 0.717) is 28.6 Å². The highest BCUT2D eigenvalue weighted by Crippen LogP contribution is 2.25. The van der Waals surface area contributed by atoms with Gasteiger partial charge in [0.1, 0.15) is 23.1 Å². The van der Waals surface area contributed by atoms with E-state index in [-0.39, 0.29) is 18.3 Å². The van der Waals surface area contributed by atoms with Gasteiger partial charge in [-0.2, -0.15) is 0 Å². The average molecular weight is 501 g/mol. The van der Waals surface area contributed by atoms with Crippen LogP contribution in [-0.4, -0.2) is 28.3 Å². The van der Waals surface area contributed by atoms with Crippen LogP contribution in [0.3, 0.4) is 0 Å². The molecule has 2 aromatic carbocycles. The van der Waals surface area contributed by atoms with Crippen LogP contribution in [0.15, 0.2) is 91.3 Å². The Morgan fingerprint density at radius 2 is 1.54 bits per heavy atom. The van der Waals surface area contributed by atoms with Gasteiger partial charge in [-0.15, -0.1) is 0 Å². The van der Waals surface area contributed by atoms with Crippen molar-refractivity contribution in [3.05, 3.63) is 103 Å². The summed E-state index contributed by atoms with van der Waals surface area (Å²) in [5.41, 5.74) is 1.85. The highest BCUT2D eigenvalue weighted by molar-refractivity contribution is 5.98. The maximum Gasteiger partial charge on any atom is 0.253 e. The third-order valence-corrected chi connectivity index (χ3v) is 4.55. The Bertz CT molecular complexity index is 1290. The Balaban J connectivity index is 0.000000886. The van der Waals surface area contributed by atoms with Crippen LogP contribution < -0.4 is 15.4 Å². The van der Waals surface area contributed by atoms with Gasteiger partial charge < -0.3 is 15.4 Å². The van der Waals surface area contributed by atoms with Crippen molar-refractivity contribution in [1.29, 1.82) is 0 Å². The molecule has 0 atom stereocenters. The molecule has 4 aromatic rings. The first-order chi connectivity index (χ1) is 17.8. The molecule has 2 heterocycles. The average Bonchev–Trinajstić information content (AvgIpc) is 2.89. The normalized spacial score (nSPS) is 10.2. The molecule has 4 rings (SSSR count). The lowest BCUT2D eigenvalue weighted by Crippen LogP contribution is -2.33. The van der Waals surface area contributed by atoms with E-state index in [2.05, 4.69) is 41.4 Å². The van der Waals surface area contributed by atoms with Gasteiger partial charge in [0.25, 0.3) is 5.91 Å². The predicted octanol–water partition coefficient (Wildman–Crippen LogP) is 6.11. The van der Waals surface area contributed by atoms with Crippen LogP contribution in [0.4, 0.5) is 10.2 Å².